The molecule has 0 unspecified atom stereocenters. The van der Waals surface area contributed by atoms with Crippen LogP contribution in [0.1, 0.15) is 23.6 Å². The van der Waals surface area contributed by atoms with Gasteiger partial charge in [-0.3, -0.25) is 4.90 Å². The van der Waals surface area contributed by atoms with Crippen molar-refractivity contribution in [1.82, 2.24) is 10.2 Å². The van der Waals surface area contributed by atoms with Gasteiger partial charge in [0.15, 0.2) is 0 Å². The maximum atomic E-state index is 3.48. The lowest BCUT2D eigenvalue weighted by molar-refractivity contribution is 0.199. The first-order chi connectivity index (χ1) is 7.65. The first-order valence-corrected chi connectivity index (χ1v) is 6.17. The van der Waals surface area contributed by atoms with E-state index in [-0.39, 0.29) is 0 Å². The highest BCUT2D eigenvalue weighted by Gasteiger charge is 2.15. The van der Waals surface area contributed by atoms with E-state index in [4.69, 9.17) is 0 Å². The molecule has 0 radical (unpaired) electrons. The Morgan fingerprint density at radius 3 is 2.88 bits per heavy atom. The summed E-state index contributed by atoms with van der Waals surface area (Å²) in [5.74, 6) is 0. The van der Waals surface area contributed by atoms with Crippen LogP contribution in [0.3, 0.4) is 0 Å². The first kappa shape index (κ1) is 11.6. The predicted molar refractivity (Wildman–Crippen MR) is 68.7 cm³/mol. The standard InChI is InChI=1S/C14H22N2/c1-11-4-5-14(12(2)8-11)10-16-7-6-15-13(3)9-16/h4-5,8,13,15H,6-7,9-10H2,1-3H3/t13-/m1/s1. The molecule has 16 heavy (non-hydrogen) atoms. The lowest BCUT2D eigenvalue weighted by Gasteiger charge is -2.32. The Hall–Kier alpha value is -0.860. The molecule has 0 aromatic heterocycles. The zero-order valence-electron chi connectivity index (χ0n) is 10.6. The predicted octanol–water partition coefficient (Wildman–Crippen LogP) is 2.10. The summed E-state index contributed by atoms with van der Waals surface area (Å²) < 4.78 is 0. The van der Waals surface area contributed by atoms with Crippen LogP contribution < -0.4 is 5.32 Å². The highest BCUT2D eigenvalue weighted by atomic mass is 15.2. The Bertz CT molecular complexity index is 360. The highest BCUT2D eigenvalue weighted by Crippen LogP contribution is 2.14. The van der Waals surface area contributed by atoms with Gasteiger partial charge in [-0.2, -0.15) is 0 Å². The van der Waals surface area contributed by atoms with Gasteiger partial charge >= 0.3 is 0 Å². The lowest BCUT2D eigenvalue weighted by atomic mass is 10.0. The summed E-state index contributed by atoms with van der Waals surface area (Å²) in [7, 11) is 0. The smallest absolute Gasteiger partial charge is 0.0237 e. The second-order valence-corrected chi connectivity index (χ2v) is 5.02. The van der Waals surface area contributed by atoms with E-state index in [1.165, 1.54) is 16.7 Å². The van der Waals surface area contributed by atoms with E-state index in [1.54, 1.807) is 0 Å². The number of aryl methyl sites for hydroxylation is 2. The molecule has 1 heterocycles. The largest absolute Gasteiger partial charge is 0.312 e. The second-order valence-electron chi connectivity index (χ2n) is 5.02. The number of rotatable bonds is 2. The van der Waals surface area contributed by atoms with E-state index in [9.17, 15) is 0 Å². The van der Waals surface area contributed by atoms with Gasteiger partial charge in [0, 0.05) is 32.2 Å². The van der Waals surface area contributed by atoms with Crippen molar-refractivity contribution in [2.24, 2.45) is 0 Å². The fraction of sp³-hybridized carbons (Fsp3) is 0.571. The van der Waals surface area contributed by atoms with Crippen LogP contribution in [0, 0.1) is 13.8 Å². The summed E-state index contributed by atoms with van der Waals surface area (Å²) in [6.45, 7) is 11.2. The maximum Gasteiger partial charge on any atom is 0.0237 e. The van der Waals surface area contributed by atoms with Gasteiger partial charge in [-0.25, -0.2) is 0 Å². The van der Waals surface area contributed by atoms with Crippen LogP contribution in [0.4, 0.5) is 0 Å². The lowest BCUT2D eigenvalue weighted by Crippen LogP contribution is -2.48. The minimum Gasteiger partial charge on any atom is -0.312 e. The molecular weight excluding hydrogens is 196 g/mol. The number of benzene rings is 1. The number of hydrogen-bond acceptors (Lipinski definition) is 2. The van der Waals surface area contributed by atoms with Crippen molar-refractivity contribution >= 4 is 0 Å². The number of nitrogens with zero attached hydrogens (tertiary/aromatic N) is 1. The molecule has 88 valence electrons. The minimum absolute atomic E-state index is 0.625. The zero-order valence-corrected chi connectivity index (χ0v) is 10.6. The number of piperazine rings is 1. The normalized spacial score (nSPS) is 22.3. The molecule has 2 nitrogen and oxygen atoms in total. The molecule has 1 aliphatic rings. The van der Waals surface area contributed by atoms with E-state index in [0.29, 0.717) is 6.04 Å². The van der Waals surface area contributed by atoms with Crippen molar-refractivity contribution < 1.29 is 0 Å². The monoisotopic (exact) mass is 218 g/mol. The quantitative estimate of drug-likeness (QED) is 0.818. The Labute approximate surface area is 98.7 Å². The van der Waals surface area contributed by atoms with Gasteiger partial charge < -0.3 is 5.32 Å². The zero-order chi connectivity index (χ0) is 11.5. The molecule has 2 rings (SSSR count). The van der Waals surface area contributed by atoms with Gasteiger partial charge in [0.25, 0.3) is 0 Å². The SMILES string of the molecule is Cc1ccc(CN2CCN[C@H](C)C2)c(C)c1. The maximum absolute atomic E-state index is 3.48. The minimum atomic E-state index is 0.625. The molecule has 1 aliphatic heterocycles. The third-order valence-electron chi connectivity index (χ3n) is 3.34. The third kappa shape index (κ3) is 2.83. The fourth-order valence-corrected chi connectivity index (χ4v) is 2.42. The molecule has 1 aromatic rings. The van der Waals surface area contributed by atoms with Gasteiger partial charge in [-0.05, 0) is 31.9 Å². The highest BCUT2D eigenvalue weighted by molar-refractivity contribution is 5.30. The molecule has 0 aliphatic carbocycles. The van der Waals surface area contributed by atoms with Gasteiger partial charge in [0.05, 0.1) is 0 Å². The molecule has 1 aromatic carbocycles. The summed E-state index contributed by atoms with van der Waals surface area (Å²) in [6.07, 6.45) is 0. The Balaban J connectivity index is 2.02. The average molecular weight is 218 g/mol. The van der Waals surface area contributed by atoms with Crippen molar-refractivity contribution in [1.29, 1.82) is 0 Å². The average Bonchev–Trinajstić information content (AvgIpc) is 2.22. The van der Waals surface area contributed by atoms with Crippen molar-refractivity contribution in [3.05, 3.63) is 34.9 Å². The summed E-state index contributed by atoms with van der Waals surface area (Å²) >= 11 is 0. The van der Waals surface area contributed by atoms with Crippen molar-refractivity contribution in [2.75, 3.05) is 19.6 Å². The van der Waals surface area contributed by atoms with Crippen LogP contribution in [0.2, 0.25) is 0 Å². The fourth-order valence-electron chi connectivity index (χ4n) is 2.42. The van der Waals surface area contributed by atoms with Crippen molar-refractivity contribution in [2.45, 2.75) is 33.4 Å². The summed E-state index contributed by atoms with van der Waals surface area (Å²) in [5, 5.41) is 3.48. The molecule has 0 amide bonds. The van der Waals surface area contributed by atoms with Crippen LogP contribution >= 0.6 is 0 Å². The van der Waals surface area contributed by atoms with E-state index in [1.807, 2.05) is 0 Å². The Morgan fingerprint density at radius 1 is 1.38 bits per heavy atom. The summed E-state index contributed by atoms with van der Waals surface area (Å²) in [4.78, 5) is 2.54. The van der Waals surface area contributed by atoms with Gasteiger partial charge in [-0.15, -0.1) is 0 Å². The van der Waals surface area contributed by atoms with Crippen LogP contribution in [-0.4, -0.2) is 30.6 Å². The first-order valence-electron chi connectivity index (χ1n) is 6.17. The molecule has 1 fully saturated rings. The molecule has 1 atom stereocenters. The van der Waals surface area contributed by atoms with E-state index in [0.717, 1.165) is 26.2 Å². The second kappa shape index (κ2) is 4.98. The van der Waals surface area contributed by atoms with Gasteiger partial charge in [0.1, 0.15) is 0 Å². The van der Waals surface area contributed by atoms with Crippen LogP contribution in [0.5, 0.6) is 0 Å². The molecular formula is C14H22N2. The number of nitrogens with one attached hydrogen (secondary N) is 1. The molecule has 0 bridgehead atoms. The molecule has 1 saturated heterocycles. The Morgan fingerprint density at radius 2 is 2.19 bits per heavy atom. The van der Waals surface area contributed by atoms with E-state index in [2.05, 4.69) is 49.2 Å². The molecule has 0 saturated carbocycles. The van der Waals surface area contributed by atoms with Crippen LogP contribution in [-0.2, 0) is 6.54 Å². The Kier molecular flexibility index (Phi) is 3.62. The molecule has 1 N–H and O–H groups in total. The topological polar surface area (TPSA) is 15.3 Å². The molecule has 2 heteroatoms. The van der Waals surface area contributed by atoms with E-state index < -0.39 is 0 Å². The van der Waals surface area contributed by atoms with Crippen LogP contribution in [0.15, 0.2) is 18.2 Å². The summed E-state index contributed by atoms with van der Waals surface area (Å²) in [5.41, 5.74) is 4.25. The molecule has 0 spiro atoms. The van der Waals surface area contributed by atoms with Crippen molar-refractivity contribution in [3.63, 3.8) is 0 Å². The van der Waals surface area contributed by atoms with Crippen molar-refractivity contribution in [3.8, 4) is 0 Å². The van der Waals surface area contributed by atoms with Gasteiger partial charge in [-0.1, -0.05) is 23.8 Å². The van der Waals surface area contributed by atoms with Crippen LogP contribution in [0.25, 0.3) is 0 Å². The number of hydrogen-bond donors (Lipinski definition) is 1. The third-order valence-corrected chi connectivity index (χ3v) is 3.34. The summed E-state index contributed by atoms with van der Waals surface area (Å²) in [6, 6.07) is 7.39. The van der Waals surface area contributed by atoms with E-state index >= 15 is 0 Å². The van der Waals surface area contributed by atoms with Gasteiger partial charge in [0.2, 0.25) is 0 Å².